The van der Waals surface area contributed by atoms with E-state index in [0.717, 1.165) is 12.1 Å². The van der Waals surface area contributed by atoms with Gasteiger partial charge in [-0.05, 0) is 24.3 Å². The van der Waals surface area contributed by atoms with E-state index < -0.39 is 17.6 Å². The van der Waals surface area contributed by atoms with Gasteiger partial charge in [0.2, 0.25) is 5.95 Å². The van der Waals surface area contributed by atoms with Gasteiger partial charge >= 0.3 is 6.18 Å². The van der Waals surface area contributed by atoms with Crippen molar-refractivity contribution in [3.63, 3.8) is 0 Å². The van der Waals surface area contributed by atoms with E-state index in [1.807, 2.05) is 0 Å². The van der Waals surface area contributed by atoms with Gasteiger partial charge in [0.1, 0.15) is 17.0 Å². The largest absolute Gasteiger partial charge is 0.463 e. The van der Waals surface area contributed by atoms with Crippen molar-refractivity contribution in [1.29, 1.82) is 0 Å². The van der Waals surface area contributed by atoms with Crippen molar-refractivity contribution in [3.8, 4) is 11.5 Å². The molecule has 2 N–H and O–H groups in total. The molecule has 4 rings (SSSR count). The topological polar surface area (TPSA) is 82.8 Å². The predicted molar refractivity (Wildman–Crippen MR) is 87.9 cm³/mol. The zero-order chi connectivity index (χ0) is 19.2. The van der Waals surface area contributed by atoms with Crippen LogP contribution in [0.15, 0.2) is 47.3 Å². The Labute approximate surface area is 149 Å². The molecule has 0 fully saturated rings. The Morgan fingerprint density at radius 1 is 1.15 bits per heavy atom. The van der Waals surface area contributed by atoms with Crippen LogP contribution in [0.5, 0.6) is 0 Å². The molecule has 0 bridgehead atoms. The van der Waals surface area contributed by atoms with Crippen LogP contribution in [0.3, 0.4) is 0 Å². The molecule has 1 aromatic carbocycles. The smallest absolute Gasteiger partial charge is 0.416 e. The molecule has 10 heteroatoms. The standard InChI is InChI=1S/C17H11F4N5O/c18-11-6-10(17(19,20)21)4-3-9(11)7-26-8-23-14-13(12-2-1-5-27-12)24-16(22)25-15(14)26/h1-6,8H,7H2,(H2,22,24,25). The first-order valence-electron chi connectivity index (χ1n) is 7.71. The summed E-state index contributed by atoms with van der Waals surface area (Å²) >= 11 is 0. The van der Waals surface area contributed by atoms with Gasteiger partial charge in [-0.2, -0.15) is 18.2 Å². The number of benzene rings is 1. The van der Waals surface area contributed by atoms with E-state index in [2.05, 4.69) is 15.0 Å². The van der Waals surface area contributed by atoms with E-state index in [1.165, 1.54) is 17.2 Å². The van der Waals surface area contributed by atoms with Crippen LogP contribution in [0, 0.1) is 5.82 Å². The van der Waals surface area contributed by atoms with Crippen LogP contribution < -0.4 is 5.73 Å². The van der Waals surface area contributed by atoms with Gasteiger partial charge in [-0.15, -0.1) is 0 Å². The first-order valence-corrected chi connectivity index (χ1v) is 7.71. The summed E-state index contributed by atoms with van der Waals surface area (Å²) in [6, 6.07) is 5.73. The number of hydrogen-bond acceptors (Lipinski definition) is 5. The van der Waals surface area contributed by atoms with Gasteiger partial charge in [0, 0.05) is 5.56 Å². The van der Waals surface area contributed by atoms with Crippen LogP contribution in [-0.2, 0) is 12.7 Å². The highest BCUT2D eigenvalue weighted by atomic mass is 19.4. The lowest BCUT2D eigenvalue weighted by atomic mass is 10.1. The highest BCUT2D eigenvalue weighted by molar-refractivity contribution is 5.86. The van der Waals surface area contributed by atoms with E-state index in [1.54, 1.807) is 12.1 Å². The van der Waals surface area contributed by atoms with Gasteiger partial charge in [0.05, 0.1) is 24.7 Å². The normalized spacial score (nSPS) is 12.0. The molecule has 0 unspecified atom stereocenters. The lowest BCUT2D eigenvalue weighted by molar-refractivity contribution is -0.137. The molecule has 0 aliphatic rings. The summed E-state index contributed by atoms with van der Waals surface area (Å²) < 4.78 is 59.0. The lowest BCUT2D eigenvalue weighted by Crippen LogP contribution is -2.08. The maximum Gasteiger partial charge on any atom is 0.416 e. The fraction of sp³-hybridized carbons (Fsp3) is 0.118. The number of imidazole rings is 1. The molecule has 3 heterocycles. The van der Waals surface area contributed by atoms with Crippen LogP contribution in [0.25, 0.3) is 22.6 Å². The second kappa shape index (κ2) is 6.08. The average Bonchev–Trinajstić information content (AvgIpc) is 3.25. The number of nitrogens with zero attached hydrogens (tertiary/aromatic N) is 4. The number of nitrogens with two attached hydrogens (primary N) is 1. The van der Waals surface area contributed by atoms with E-state index in [9.17, 15) is 17.6 Å². The number of halogens is 4. The first-order chi connectivity index (χ1) is 12.8. The van der Waals surface area contributed by atoms with Crippen LogP contribution in [0.1, 0.15) is 11.1 Å². The third kappa shape index (κ3) is 3.09. The predicted octanol–water partition coefficient (Wildman–Crippen LogP) is 3.87. The SMILES string of the molecule is Nc1nc(-c2ccco2)c2ncn(Cc3ccc(C(F)(F)F)cc3F)c2n1. The summed E-state index contributed by atoms with van der Waals surface area (Å²) in [6.45, 7) is -0.0749. The Morgan fingerprint density at radius 3 is 2.63 bits per heavy atom. The molecule has 0 radical (unpaired) electrons. The van der Waals surface area contributed by atoms with Gasteiger partial charge in [-0.1, -0.05) is 6.07 Å². The number of fused-ring (bicyclic) bond motifs is 1. The highest BCUT2D eigenvalue weighted by Gasteiger charge is 2.31. The maximum absolute atomic E-state index is 14.1. The molecule has 0 atom stereocenters. The number of nitrogen functional groups attached to an aromatic ring is 1. The van der Waals surface area contributed by atoms with Crippen LogP contribution in [0.4, 0.5) is 23.5 Å². The highest BCUT2D eigenvalue weighted by Crippen LogP contribution is 2.31. The Bertz CT molecular complexity index is 1120. The summed E-state index contributed by atoms with van der Waals surface area (Å²) in [6.07, 6.45) is -1.75. The Kier molecular flexibility index (Phi) is 3.83. The summed E-state index contributed by atoms with van der Waals surface area (Å²) in [5, 5.41) is 0. The van der Waals surface area contributed by atoms with Crippen molar-refractivity contribution >= 4 is 17.1 Å². The number of rotatable bonds is 3. The van der Waals surface area contributed by atoms with E-state index in [4.69, 9.17) is 10.2 Å². The average molecular weight is 377 g/mol. The minimum atomic E-state index is -4.61. The summed E-state index contributed by atoms with van der Waals surface area (Å²) in [7, 11) is 0. The molecule has 27 heavy (non-hydrogen) atoms. The minimum absolute atomic E-state index is 0.0384. The second-order valence-corrected chi connectivity index (χ2v) is 5.76. The lowest BCUT2D eigenvalue weighted by Gasteiger charge is -2.10. The molecule has 138 valence electrons. The summed E-state index contributed by atoms with van der Waals surface area (Å²) in [5.74, 6) is -0.580. The molecular formula is C17H11F4N5O. The van der Waals surface area contributed by atoms with Gasteiger partial charge in [0.25, 0.3) is 0 Å². The molecule has 0 spiro atoms. The zero-order valence-electron chi connectivity index (χ0n) is 13.5. The number of hydrogen-bond donors (Lipinski definition) is 1. The Hall–Kier alpha value is -3.43. The van der Waals surface area contributed by atoms with Gasteiger partial charge in [-0.25, -0.2) is 14.4 Å². The van der Waals surface area contributed by atoms with Crippen molar-refractivity contribution in [1.82, 2.24) is 19.5 Å². The first kappa shape index (κ1) is 17.0. The van der Waals surface area contributed by atoms with E-state index in [-0.39, 0.29) is 18.1 Å². The van der Waals surface area contributed by atoms with Crippen LogP contribution >= 0.6 is 0 Å². The molecule has 0 saturated carbocycles. The van der Waals surface area contributed by atoms with E-state index in [0.29, 0.717) is 28.7 Å². The van der Waals surface area contributed by atoms with Gasteiger partial charge in [0.15, 0.2) is 11.4 Å². The number of alkyl halides is 3. The number of furan rings is 1. The van der Waals surface area contributed by atoms with Crippen molar-refractivity contribution in [2.75, 3.05) is 5.73 Å². The molecule has 0 aliphatic carbocycles. The van der Waals surface area contributed by atoms with Crippen LogP contribution in [0.2, 0.25) is 0 Å². The van der Waals surface area contributed by atoms with Crippen LogP contribution in [-0.4, -0.2) is 19.5 Å². The monoisotopic (exact) mass is 377 g/mol. The fourth-order valence-corrected chi connectivity index (χ4v) is 2.70. The van der Waals surface area contributed by atoms with Crippen molar-refractivity contribution in [3.05, 3.63) is 59.9 Å². The van der Waals surface area contributed by atoms with Crippen molar-refractivity contribution < 1.29 is 22.0 Å². The van der Waals surface area contributed by atoms with Gasteiger partial charge in [-0.3, -0.25) is 0 Å². The maximum atomic E-state index is 14.1. The van der Waals surface area contributed by atoms with Crippen molar-refractivity contribution in [2.45, 2.75) is 12.7 Å². The zero-order valence-corrected chi connectivity index (χ0v) is 13.5. The number of aromatic nitrogens is 4. The molecule has 6 nitrogen and oxygen atoms in total. The second-order valence-electron chi connectivity index (χ2n) is 5.76. The summed E-state index contributed by atoms with van der Waals surface area (Å²) in [5.41, 5.74) is 5.81. The fourth-order valence-electron chi connectivity index (χ4n) is 2.70. The van der Waals surface area contributed by atoms with Crippen molar-refractivity contribution in [2.24, 2.45) is 0 Å². The third-order valence-electron chi connectivity index (χ3n) is 3.96. The molecule has 0 aliphatic heterocycles. The minimum Gasteiger partial charge on any atom is -0.463 e. The molecule has 3 aromatic heterocycles. The van der Waals surface area contributed by atoms with Gasteiger partial charge < -0.3 is 14.7 Å². The molecular weight excluding hydrogens is 366 g/mol. The molecule has 4 aromatic rings. The third-order valence-corrected chi connectivity index (χ3v) is 3.96. The molecule has 0 amide bonds. The number of anilines is 1. The summed E-state index contributed by atoms with van der Waals surface area (Å²) in [4.78, 5) is 12.4. The van der Waals surface area contributed by atoms with E-state index >= 15 is 0 Å². The Morgan fingerprint density at radius 2 is 1.96 bits per heavy atom. The molecule has 0 saturated heterocycles. The quantitative estimate of drug-likeness (QED) is 0.548. The Balaban J connectivity index is 1.76.